The molecule has 0 radical (unpaired) electrons. The van der Waals surface area contributed by atoms with E-state index < -0.39 is 11.8 Å². The lowest BCUT2D eigenvalue weighted by atomic mass is 10.0. The number of rotatable bonds is 6. The van der Waals surface area contributed by atoms with Crippen LogP contribution in [0.4, 0.5) is 11.5 Å². The highest BCUT2D eigenvalue weighted by molar-refractivity contribution is 6.33. The summed E-state index contributed by atoms with van der Waals surface area (Å²) in [6.45, 7) is 4.03. The molecule has 39 heavy (non-hydrogen) atoms. The number of carbonyl (C=O) groups excluding carboxylic acids is 2. The van der Waals surface area contributed by atoms with E-state index in [9.17, 15) is 19.5 Å². The Hall–Kier alpha value is -4.42. The number of benzene rings is 1. The van der Waals surface area contributed by atoms with Gasteiger partial charge in [0.2, 0.25) is 5.91 Å². The molecular weight excluding hydrogens is 526 g/mol. The number of pyridine rings is 1. The first-order valence-electron chi connectivity index (χ1n) is 12.1. The second kappa shape index (κ2) is 10.4. The highest BCUT2D eigenvalue weighted by Crippen LogP contribution is 2.31. The number of anilines is 2. The van der Waals surface area contributed by atoms with Crippen LogP contribution in [0, 0.1) is 6.92 Å². The summed E-state index contributed by atoms with van der Waals surface area (Å²) in [6.07, 6.45) is 3.10. The molecule has 0 unspecified atom stereocenters. The molecule has 0 bridgehead atoms. The number of aromatic hydroxyl groups is 1. The minimum absolute atomic E-state index is 0.0913. The van der Waals surface area contributed by atoms with Crippen LogP contribution in [0.5, 0.6) is 5.75 Å². The van der Waals surface area contributed by atoms with Gasteiger partial charge < -0.3 is 30.4 Å². The van der Waals surface area contributed by atoms with Crippen molar-refractivity contribution in [1.29, 1.82) is 0 Å². The smallest absolute Gasteiger partial charge is 0.263 e. The van der Waals surface area contributed by atoms with E-state index in [1.165, 1.54) is 22.9 Å². The fourth-order valence-electron chi connectivity index (χ4n) is 4.49. The first kappa shape index (κ1) is 26.2. The van der Waals surface area contributed by atoms with Crippen molar-refractivity contribution in [3.05, 3.63) is 63.4 Å². The van der Waals surface area contributed by atoms with Gasteiger partial charge in [0, 0.05) is 38.0 Å². The van der Waals surface area contributed by atoms with Crippen LogP contribution in [0.3, 0.4) is 0 Å². The fraction of sp³-hybridized carbons (Fsp3) is 0.269. The van der Waals surface area contributed by atoms with E-state index in [0.29, 0.717) is 60.4 Å². The first-order valence-corrected chi connectivity index (χ1v) is 12.5. The Bertz CT molecular complexity index is 1670. The Labute approximate surface area is 227 Å². The molecule has 4 heterocycles. The van der Waals surface area contributed by atoms with E-state index in [0.717, 1.165) is 0 Å². The standard InChI is InChI=1S/C26H26ClN7O5/c1-14-30-25-23(26(38)32(14)2)17(15-3-4-20(35)16(9-15)24(28)37)12-34(25)13-22(36)31-19-10-21(29-11-18(19)27)33-5-7-39-8-6-33/h3-4,9-12,35H,5-8,13H2,1-2H3,(H2,28,37)(H,29,31,36). The second-order valence-electron chi connectivity index (χ2n) is 9.16. The molecule has 12 nitrogen and oxygen atoms in total. The summed E-state index contributed by atoms with van der Waals surface area (Å²) in [5.41, 5.74) is 6.58. The molecule has 1 aliphatic heterocycles. The number of aromatic nitrogens is 4. The van der Waals surface area contributed by atoms with Gasteiger partial charge in [0.25, 0.3) is 11.5 Å². The van der Waals surface area contributed by atoms with Gasteiger partial charge in [-0.2, -0.15) is 0 Å². The zero-order valence-electron chi connectivity index (χ0n) is 21.3. The van der Waals surface area contributed by atoms with Crippen molar-refractivity contribution in [2.24, 2.45) is 12.8 Å². The average molecular weight is 552 g/mol. The van der Waals surface area contributed by atoms with Gasteiger partial charge in [-0.1, -0.05) is 17.7 Å². The zero-order valence-corrected chi connectivity index (χ0v) is 22.0. The Morgan fingerprint density at radius 2 is 1.97 bits per heavy atom. The minimum atomic E-state index is -0.815. The Morgan fingerprint density at radius 3 is 2.69 bits per heavy atom. The number of hydrogen-bond donors (Lipinski definition) is 3. The van der Waals surface area contributed by atoms with Crippen molar-refractivity contribution in [2.75, 3.05) is 36.5 Å². The number of nitrogens with one attached hydrogen (secondary N) is 1. The molecule has 2 amide bonds. The summed E-state index contributed by atoms with van der Waals surface area (Å²) >= 11 is 6.33. The highest BCUT2D eigenvalue weighted by Gasteiger charge is 2.21. The lowest BCUT2D eigenvalue weighted by Gasteiger charge is -2.28. The largest absolute Gasteiger partial charge is 0.507 e. The topological polar surface area (TPSA) is 158 Å². The van der Waals surface area contributed by atoms with Crippen LogP contribution >= 0.6 is 11.6 Å². The normalized spacial score (nSPS) is 13.6. The first-order chi connectivity index (χ1) is 18.6. The van der Waals surface area contributed by atoms with Gasteiger partial charge in [-0.15, -0.1) is 0 Å². The molecule has 1 aromatic carbocycles. The number of halogens is 1. The molecular formula is C26H26ClN7O5. The maximum Gasteiger partial charge on any atom is 0.263 e. The van der Waals surface area contributed by atoms with Gasteiger partial charge >= 0.3 is 0 Å². The number of amides is 2. The van der Waals surface area contributed by atoms with Gasteiger partial charge in [-0.25, -0.2) is 9.97 Å². The number of hydrogen-bond acceptors (Lipinski definition) is 8. The summed E-state index contributed by atoms with van der Waals surface area (Å²) in [5, 5.41) is 13.4. The fourth-order valence-corrected chi connectivity index (χ4v) is 4.64. The molecule has 0 saturated carbocycles. The van der Waals surface area contributed by atoms with Crippen LogP contribution in [0.25, 0.3) is 22.2 Å². The number of fused-ring (bicyclic) bond motifs is 1. The predicted octanol–water partition coefficient (Wildman–Crippen LogP) is 2.04. The van der Waals surface area contributed by atoms with Crippen LogP contribution in [0.1, 0.15) is 16.2 Å². The highest BCUT2D eigenvalue weighted by atomic mass is 35.5. The molecule has 0 aliphatic carbocycles. The quantitative estimate of drug-likeness (QED) is 0.328. The molecule has 4 aromatic rings. The molecule has 1 fully saturated rings. The number of carbonyl (C=O) groups is 2. The zero-order chi connectivity index (χ0) is 27.8. The molecule has 1 saturated heterocycles. The number of ether oxygens (including phenoxy) is 1. The van der Waals surface area contributed by atoms with E-state index in [1.54, 1.807) is 36.9 Å². The van der Waals surface area contributed by atoms with E-state index in [4.69, 9.17) is 22.1 Å². The molecule has 0 spiro atoms. The number of nitrogens with two attached hydrogens (primary N) is 1. The maximum atomic E-state index is 13.3. The summed E-state index contributed by atoms with van der Waals surface area (Å²) in [6, 6.07) is 6.00. The van der Waals surface area contributed by atoms with Crippen LogP contribution in [0.2, 0.25) is 5.02 Å². The summed E-state index contributed by atoms with van der Waals surface area (Å²) in [4.78, 5) is 49.3. The number of phenols is 1. The molecule has 0 atom stereocenters. The Morgan fingerprint density at radius 1 is 1.23 bits per heavy atom. The average Bonchev–Trinajstić information content (AvgIpc) is 3.26. The lowest BCUT2D eigenvalue weighted by molar-refractivity contribution is -0.116. The van der Waals surface area contributed by atoms with Crippen LogP contribution in [-0.2, 0) is 23.1 Å². The van der Waals surface area contributed by atoms with Crippen molar-refractivity contribution in [3.63, 3.8) is 0 Å². The van der Waals surface area contributed by atoms with Gasteiger partial charge in [-0.05, 0) is 24.6 Å². The number of aryl methyl sites for hydroxylation is 1. The summed E-state index contributed by atoms with van der Waals surface area (Å²) in [7, 11) is 1.60. The summed E-state index contributed by atoms with van der Waals surface area (Å²) < 4.78 is 8.35. The van der Waals surface area contributed by atoms with Gasteiger partial charge in [-0.3, -0.25) is 19.0 Å². The summed E-state index contributed by atoms with van der Waals surface area (Å²) in [5.74, 6) is -0.366. The van der Waals surface area contributed by atoms with Gasteiger partial charge in [0.05, 0.1) is 41.1 Å². The van der Waals surface area contributed by atoms with Gasteiger partial charge in [0.1, 0.15) is 29.6 Å². The van der Waals surface area contributed by atoms with E-state index in [-0.39, 0.29) is 33.8 Å². The van der Waals surface area contributed by atoms with Crippen LogP contribution < -0.4 is 21.5 Å². The van der Waals surface area contributed by atoms with Gasteiger partial charge in [0.15, 0.2) is 0 Å². The third-order valence-electron chi connectivity index (χ3n) is 6.66. The van der Waals surface area contributed by atoms with Crippen molar-refractivity contribution in [3.8, 4) is 16.9 Å². The van der Waals surface area contributed by atoms with Crippen molar-refractivity contribution in [1.82, 2.24) is 19.1 Å². The lowest BCUT2D eigenvalue weighted by Crippen LogP contribution is -2.36. The molecule has 4 N–H and O–H groups in total. The van der Waals surface area contributed by atoms with Crippen LogP contribution in [0.15, 0.2) is 41.5 Å². The minimum Gasteiger partial charge on any atom is -0.507 e. The third kappa shape index (κ3) is 5.03. The predicted molar refractivity (Wildman–Crippen MR) is 146 cm³/mol. The molecule has 1 aliphatic rings. The molecule has 5 rings (SSSR count). The van der Waals surface area contributed by atoms with Crippen LogP contribution in [-0.4, -0.2) is 62.3 Å². The molecule has 3 aromatic heterocycles. The monoisotopic (exact) mass is 551 g/mol. The molecule has 13 heteroatoms. The Balaban J connectivity index is 1.51. The molecule has 202 valence electrons. The maximum absolute atomic E-state index is 13.3. The van der Waals surface area contributed by atoms with Crippen molar-refractivity contribution in [2.45, 2.75) is 13.5 Å². The SMILES string of the molecule is Cc1nc2c(c(-c3ccc(O)c(C(N)=O)c3)cn2CC(=O)Nc2cc(N3CCOCC3)ncc2Cl)c(=O)n1C. The second-order valence-corrected chi connectivity index (χ2v) is 9.57. The number of morpholine rings is 1. The third-order valence-corrected chi connectivity index (χ3v) is 6.96. The van der Waals surface area contributed by atoms with E-state index in [2.05, 4.69) is 15.3 Å². The van der Waals surface area contributed by atoms with Crippen molar-refractivity contribution >= 4 is 46.0 Å². The number of nitrogens with zero attached hydrogens (tertiary/aromatic N) is 5. The van der Waals surface area contributed by atoms with Crippen molar-refractivity contribution < 1.29 is 19.4 Å². The van der Waals surface area contributed by atoms with E-state index >= 15 is 0 Å². The number of primary amides is 1. The van der Waals surface area contributed by atoms with E-state index in [1.807, 2.05) is 4.90 Å². The Kier molecular flexibility index (Phi) is 6.98.